The van der Waals surface area contributed by atoms with Crippen LogP contribution < -0.4 is 0 Å². The molecule has 1 aromatic carbocycles. The molecule has 144 valence electrons. The lowest BCUT2D eigenvalue weighted by molar-refractivity contribution is -0.139. The Morgan fingerprint density at radius 2 is 1.88 bits per heavy atom. The van der Waals surface area contributed by atoms with Gasteiger partial charge < -0.3 is 18.5 Å². The van der Waals surface area contributed by atoms with Crippen molar-refractivity contribution in [3.05, 3.63) is 35.9 Å². The highest BCUT2D eigenvalue weighted by Crippen LogP contribution is 2.49. The maximum Gasteiger partial charge on any atom is 0.413 e. The summed E-state index contributed by atoms with van der Waals surface area (Å²) in [5.41, 5.74) is 0.834. The van der Waals surface area contributed by atoms with Gasteiger partial charge in [-0.25, -0.2) is 9.59 Å². The summed E-state index contributed by atoms with van der Waals surface area (Å²) in [5, 5.41) is 0. The molecular formula is C17H24NO7P. The number of hydrogen-bond acceptors (Lipinski definition) is 7. The van der Waals surface area contributed by atoms with Gasteiger partial charge in [-0.15, -0.1) is 0 Å². The molecule has 0 N–H and O–H groups in total. The van der Waals surface area contributed by atoms with E-state index in [0.717, 1.165) is 5.56 Å². The van der Waals surface area contributed by atoms with E-state index >= 15 is 0 Å². The van der Waals surface area contributed by atoms with Crippen LogP contribution in [0.3, 0.4) is 0 Å². The van der Waals surface area contributed by atoms with Gasteiger partial charge in [-0.3, -0.25) is 9.46 Å². The van der Waals surface area contributed by atoms with Crippen LogP contribution in [0, 0.1) is 0 Å². The van der Waals surface area contributed by atoms with Crippen LogP contribution in [-0.2, 0) is 34.5 Å². The van der Waals surface area contributed by atoms with E-state index in [1.54, 1.807) is 13.8 Å². The van der Waals surface area contributed by atoms with Gasteiger partial charge in [0.2, 0.25) is 0 Å². The molecule has 2 rings (SSSR count). The molecule has 0 radical (unpaired) electrons. The Labute approximate surface area is 152 Å². The number of amides is 1. The monoisotopic (exact) mass is 385 g/mol. The summed E-state index contributed by atoms with van der Waals surface area (Å²) in [6.07, 6.45) is -0.541. The van der Waals surface area contributed by atoms with Crippen LogP contribution in [0.5, 0.6) is 0 Å². The summed E-state index contributed by atoms with van der Waals surface area (Å²) in [4.78, 5) is 25.4. The number of cyclic esters (lactones) is 1. The molecular weight excluding hydrogens is 361 g/mol. The van der Waals surface area contributed by atoms with E-state index in [1.807, 2.05) is 30.3 Å². The lowest BCUT2D eigenvalue weighted by atomic mass is 10.2. The maximum absolute atomic E-state index is 12.5. The zero-order valence-corrected chi connectivity index (χ0v) is 15.9. The SMILES string of the molecule is CCOP(=O)(CC[C@H]1C(=O)OCN1C(=O)OCc1ccccc1)OCC. The summed E-state index contributed by atoms with van der Waals surface area (Å²) in [5.74, 6) is -0.554. The number of hydrogen-bond donors (Lipinski definition) is 0. The van der Waals surface area contributed by atoms with Crippen molar-refractivity contribution in [2.75, 3.05) is 26.1 Å². The molecule has 0 aromatic heterocycles. The molecule has 8 nitrogen and oxygen atoms in total. The van der Waals surface area contributed by atoms with Gasteiger partial charge in [0.15, 0.2) is 6.73 Å². The molecule has 0 bridgehead atoms. The van der Waals surface area contributed by atoms with Gasteiger partial charge in [-0.1, -0.05) is 30.3 Å². The highest BCUT2D eigenvalue weighted by Gasteiger charge is 2.40. The average molecular weight is 385 g/mol. The second-order valence-electron chi connectivity index (χ2n) is 5.58. The van der Waals surface area contributed by atoms with Gasteiger partial charge in [-0.2, -0.15) is 0 Å². The first-order chi connectivity index (χ1) is 12.5. The van der Waals surface area contributed by atoms with Crippen molar-refractivity contribution >= 4 is 19.7 Å². The zero-order valence-electron chi connectivity index (χ0n) is 15.0. The molecule has 1 saturated heterocycles. The van der Waals surface area contributed by atoms with Crippen molar-refractivity contribution in [3.8, 4) is 0 Å². The zero-order chi connectivity index (χ0) is 19.0. The van der Waals surface area contributed by atoms with Crippen molar-refractivity contribution < 1.29 is 32.7 Å². The minimum atomic E-state index is -3.30. The molecule has 1 heterocycles. The average Bonchev–Trinajstić information content (AvgIpc) is 3.00. The molecule has 1 amide bonds. The summed E-state index contributed by atoms with van der Waals surface area (Å²) < 4.78 is 33.1. The van der Waals surface area contributed by atoms with Crippen LogP contribution in [0.2, 0.25) is 0 Å². The fourth-order valence-corrected chi connectivity index (χ4v) is 4.22. The van der Waals surface area contributed by atoms with Gasteiger partial charge in [0, 0.05) is 0 Å². The molecule has 1 aromatic rings. The molecule has 0 unspecified atom stereocenters. The highest BCUT2D eigenvalue weighted by molar-refractivity contribution is 7.53. The van der Waals surface area contributed by atoms with Crippen LogP contribution in [-0.4, -0.2) is 49.1 Å². The number of carbonyl (C=O) groups excluding carboxylic acids is 2. The Balaban J connectivity index is 1.94. The maximum atomic E-state index is 12.5. The fourth-order valence-electron chi connectivity index (χ4n) is 2.54. The predicted molar refractivity (Wildman–Crippen MR) is 93.6 cm³/mol. The molecule has 9 heteroatoms. The quantitative estimate of drug-likeness (QED) is 0.476. The van der Waals surface area contributed by atoms with E-state index < -0.39 is 25.7 Å². The molecule has 1 aliphatic heterocycles. The molecule has 0 aliphatic carbocycles. The molecule has 1 atom stereocenters. The normalized spacial score (nSPS) is 17.2. The summed E-state index contributed by atoms with van der Waals surface area (Å²) >= 11 is 0. The molecule has 0 spiro atoms. The fraction of sp³-hybridized carbons (Fsp3) is 0.529. The van der Waals surface area contributed by atoms with Crippen LogP contribution in [0.1, 0.15) is 25.8 Å². The highest BCUT2D eigenvalue weighted by atomic mass is 31.2. The van der Waals surface area contributed by atoms with Gasteiger partial charge in [0.25, 0.3) is 0 Å². The summed E-state index contributed by atoms with van der Waals surface area (Å²) in [6, 6.07) is 8.34. The second kappa shape index (κ2) is 9.71. The van der Waals surface area contributed by atoms with Crippen molar-refractivity contribution in [2.24, 2.45) is 0 Å². The number of ether oxygens (including phenoxy) is 2. The van der Waals surface area contributed by atoms with E-state index in [9.17, 15) is 14.2 Å². The Bertz CT molecular complexity index is 642. The van der Waals surface area contributed by atoms with Gasteiger partial charge in [0.05, 0.1) is 19.4 Å². The first kappa shape index (κ1) is 20.4. The number of rotatable bonds is 9. The molecule has 0 saturated carbocycles. The third kappa shape index (κ3) is 5.56. The van der Waals surface area contributed by atoms with Crippen LogP contribution in [0.4, 0.5) is 4.79 Å². The van der Waals surface area contributed by atoms with Gasteiger partial charge in [-0.05, 0) is 25.8 Å². The Morgan fingerprint density at radius 3 is 2.50 bits per heavy atom. The minimum absolute atomic E-state index is 0.0108. The summed E-state index contributed by atoms with van der Waals surface area (Å²) in [6.45, 7) is 3.79. The predicted octanol–water partition coefficient (Wildman–Crippen LogP) is 3.16. The second-order valence-corrected chi connectivity index (χ2v) is 7.76. The van der Waals surface area contributed by atoms with Crippen LogP contribution in [0.25, 0.3) is 0 Å². The number of esters is 1. The largest absolute Gasteiger partial charge is 0.444 e. The number of nitrogens with zero attached hydrogens (tertiary/aromatic N) is 1. The van der Waals surface area contributed by atoms with E-state index in [4.69, 9.17) is 18.5 Å². The minimum Gasteiger partial charge on any atom is -0.444 e. The van der Waals surface area contributed by atoms with Gasteiger partial charge >= 0.3 is 19.7 Å². The Kier molecular flexibility index (Phi) is 7.63. The lowest BCUT2D eigenvalue weighted by Gasteiger charge is -2.22. The standard InChI is InChI=1S/C17H24NO7P/c1-3-24-26(21,25-4-2)11-10-15-16(19)23-13-18(15)17(20)22-12-14-8-6-5-7-9-14/h5-9,15H,3-4,10-13H2,1-2H3/t15-/m0/s1. The van der Waals surface area contributed by atoms with Crippen molar-refractivity contribution in [3.63, 3.8) is 0 Å². The third-order valence-electron chi connectivity index (χ3n) is 3.76. The topological polar surface area (TPSA) is 91.4 Å². The first-order valence-electron chi connectivity index (χ1n) is 8.51. The Morgan fingerprint density at radius 1 is 1.23 bits per heavy atom. The summed E-state index contributed by atoms with van der Waals surface area (Å²) in [7, 11) is -3.30. The van der Waals surface area contributed by atoms with Crippen LogP contribution in [0.15, 0.2) is 30.3 Å². The van der Waals surface area contributed by atoms with Crippen molar-refractivity contribution in [1.29, 1.82) is 0 Å². The molecule has 1 aliphatic rings. The lowest BCUT2D eigenvalue weighted by Crippen LogP contribution is -2.39. The molecule has 26 heavy (non-hydrogen) atoms. The van der Waals surface area contributed by atoms with E-state index in [0.29, 0.717) is 0 Å². The number of carbonyl (C=O) groups is 2. The molecule has 1 fully saturated rings. The number of benzene rings is 1. The van der Waals surface area contributed by atoms with E-state index in [1.165, 1.54) is 4.90 Å². The van der Waals surface area contributed by atoms with Crippen LogP contribution >= 0.6 is 7.60 Å². The van der Waals surface area contributed by atoms with E-state index in [2.05, 4.69) is 0 Å². The smallest absolute Gasteiger partial charge is 0.413 e. The van der Waals surface area contributed by atoms with E-state index in [-0.39, 0.29) is 39.1 Å². The van der Waals surface area contributed by atoms with Gasteiger partial charge in [0.1, 0.15) is 12.6 Å². The van der Waals surface area contributed by atoms with Crippen molar-refractivity contribution in [1.82, 2.24) is 4.90 Å². The third-order valence-corrected chi connectivity index (χ3v) is 5.87. The Hall–Kier alpha value is -1.89. The van der Waals surface area contributed by atoms with Crippen molar-refractivity contribution in [2.45, 2.75) is 32.9 Å². The first-order valence-corrected chi connectivity index (χ1v) is 10.2.